The Labute approximate surface area is 119 Å². The number of nitrogens with two attached hydrogens (primary N) is 1. The standard InChI is InChI=1S/C11H8N4OS.Co/c12-8-3-1-5-13-10(8)11-9(16-15-7-17)4-2-6-14-11;/h1-6H,12H2;. The van der Waals surface area contributed by atoms with Gasteiger partial charge in [-0.3, -0.25) is 9.97 Å². The first-order valence-electron chi connectivity index (χ1n) is 4.73. The van der Waals surface area contributed by atoms with Crippen molar-refractivity contribution < 1.29 is 21.6 Å². The van der Waals surface area contributed by atoms with E-state index in [9.17, 15) is 0 Å². The molecule has 0 spiro atoms. The molecule has 93 valence electrons. The Morgan fingerprint density at radius 3 is 2.50 bits per heavy atom. The zero-order valence-electron chi connectivity index (χ0n) is 9.03. The van der Waals surface area contributed by atoms with Crippen molar-refractivity contribution in [3.8, 4) is 17.1 Å². The Bertz CT molecular complexity index is 587. The summed E-state index contributed by atoms with van der Waals surface area (Å²) in [6.07, 6.45) is 3.25. The van der Waals surface area contributed by atoms with Crippen LogP contribution >= 0.6 is 12.2 Å². The summed E-state index contributed by atoms with van der Waals surface area (Å²) in [7, 11) is 0. The van der Waals surface area contributed by atoms with E-state index < -0.39 is 0 Å². The summed E-state index contributed by atoms with van der Waals surface area (Å²) < 4.78 is 0. The molecule has 2 aromatic heterocycles. The molecular weight excluding hydrogens is 295 g/mol. The third-order valence-corrected chi connectivity index (χ3v) is 2.09. The molecule has 0 aromatic carbocycles. The molecule has 7 heteroatoms. The molecule has 0 atom stereocenters. The average Bonchev–Trinajstić information content (AvgIpc) is 2.37. The van der Waals surface area contributed by atoms with Crippen LogP contribution in [-0.4, -0.2) is 15.1 Å². The molecule has 0 aliphatic heterocycles. The molecule has 0 saturated carbocycles. The van der Waals surface area contributed by atoms with Gasteiger partial charge in [0.25, 0.3) is 0 Å². The number of pyridine rings is 2. The largest absolute Gasteiger partial charge is 0.397 e. The van der Waals surface area contributed by atoms with E-state index in [4.69, 9.17) is 10.6 Å². The fourth-order valence-corrected chi connectivity index (χ4v) is 1.36. The van der Waals surface area contributed by atoms with Crippen LogP contribution in [0.2, 0.25) is 0 Å². The summed E-state index contributed by atoms with van der Waals surface area (Å²) in [5, 5.41) is 5.53. The maximum absolute atomic E-state index is 5.83. The van der Waals surface area contributed by atoms with Crippen molar-refractivity contribution in [3.63, 3.8) is 0 Å². The second kappa shape index (κ2) is 6.82. The summed E-state index contributed by atoms with van der Waals surface area (Å²) >= 11 is 4.43. The number of hydrogen-bond donors (Lipinski definition) is 1. The minimum Gasteiger partial charge on any atom is -0.397 e. The summed E-state index contributed by atoms with van der Waals surface area (Å²) in [5.41, 5.74) is 7.40. The predicted molar refractivity (Wildman–Crippen MR) is 67.5 cm³/mol. The van der Waals surface area contributed by atoms with Crippen LogP contribution in [0.25, 0.3) is 11.4 Å². The van der Waals surface area contributed by atoms with Gasteiger partial charge in [0, 0.05) is 29.2 Å². The van der Waals surface area contributed by atoms with E-state index in [2.05, 4.69) is 32.5 Å². The zero-order chi connectivity index (χ0) is 12.1. The van der Waals surface area contributed by atoms with Crippen molar-refractivity contribution >= 4 is 23.1 Å². The first kappa shape index (κ1) is 14.3. The fourth-order valence-electron chi connectivity index (χ4n) is 1.33. The molecule has 0 unspecified atom stereocenters. The Morgan fingerprint density at radius 1 is 1.17 bits per heavy atom. The molecule has 0 aliphatic rings. The van der Waals surface area contributed by atoms with Gasteiger partial charge in [-0.05, 0) is 41.6 Å². The van der Waals surface area contributed by atoms with E-state index >= 15 is 0 Å². The smallest absolute Gasteiger partial charge is 0.186 e. The maximum atomic E-state index is 5.83. The molecule has 2 aromatic rings. The number of nitrogen functional groups attached to an aromatic ring is 1. The van der Waals surface area contributed by atoms with Gasteiger partial charge in [0.1, 0.15) is 16.5 Å². The first-order valence-corrected chi connectivity index (χ1v) is 5.14. The van der Waals surface area contributed by atoms with Crippen LogP contribution in [0, 0.1) is 0 Å². The van der Waals surface area contributed by atoms with Gasteiger partial charge >= 0.3 is 0 Å². The number of nitrogens with zero attached hydrogens (tertiary/aromatic N) is 3. The van der Waals surface area contributed by atoms with Crippen LogP contribution in [0.5, 0.6) is 5.75 Å². The molecule has 5 nitrogen and oxygen atoms in total. The minimum absolute atomic E-state index is 0. The zero-order valence-corrected chi connectivity index (χ0v) is 10.9. The molecule has 0 saturated heterocycles. The molecule has 0 aliphatic carbocycles. The second-order valence-corrected chi connectivity index (χ2v) is 3.25. The monoisotopic (exact) mass is 303 g/mol. The van der Waals surface area contributed by atoms with Crippen molar-refractivity contribution in [2.45, 2.75) is 0 Å². The fraction of sp³-hybridized carbons (Fsp3) is 0. The summed E-state index contributed by atoms with van der Waals surface area (Å²) in [5.74, 6) is 0.426. The Hall–Kier alpha value is -1.79. The summed E-state index contributed by atoms with van der Waals surface area (Å²) in [4.78, 5) is 13.4. The van der Waals surface area contributed by atoms with Crippen LogP contribution in [0.15, 0.2) is 41.8 Å². The van der Waals surface area contributed by atoms with Crippen LogP contribution in [-0.2, 0) is 16.8 Å². The number of aromatic nitrogens is 2. The molecule has 0 fully saturated rings. The van der Waals surface area contributed by atoms with E-state index in [0.29, 0.717) is 22.8 Å². The van der Waals surface area contributed by atoms with Crippen LogP contribution in [0.4, 0.5) is 5.69 Å². The molecule has 2 N–H and O–H groups in total. The van der Waals surface area contributed by atoms with Gasteiger partial charge in [0.15, 0.2) is 5.75 Å². The van der Waals surface area contributed by atoms with Gasteiger partial charge in [-0.25, -0.2) is 0 Å². The predicted octanol–water partition coefficient (Wildman–Crippen LogP) is 2.12. The number of isothiocyanates is 1. The maximum Gasteiger partial charge on any atom is 0.186 e. The van der Waals surface area contributed by atoms with Crippen molar-refractivity contribution in [3.05, 3.63) is 36.7 Å². The van der Waals surface area contributed by atoms with Gasteiger partial charge in [0.2, 0.25) is 0 Å². The molecule has 2 rings (SSSR count). The number of hydrogen-bond acceptors (Lipinski definition) is 6. The molecule has 18 heavy (non-hydrogen) atoms. The second-order valence-electron chi connectivity index (χ2n) is 3.07. The summed E-state index contributed by atoms with van der Waals surface area (Å²) in [6, 6.07) is 6.91. The van der Waals surface area contributed by atoms with Gasteiger partial charge in [0.05, 0.1) is 5.69 Å². The SMILES string of the molecule is Nc1cccnc1-c1ncccc1ON=C=S.[Co]. The van der Waals surface area contributed by atoms with Gasteiger partial charge in [-0.1, -0.05) is 0 Å². The van der Waals surface area contributed by atoms with Crippen LogP contribution in [0.1, 0.15) is 0 Å². The van der Waals surface area contributed by atoms with E-state index in [1.165, 1.54) is 0 Å². The minimum atomic E-state index is 0. The van der Waals surface area contributed by atoms with Crippen LogP contribution in [0.3, 0.4) is 0 Å². The van der Waals surface area contributed by atoms with Crippen molar-refractivity contribution in [2.24, 2.45) is 5.16 Å². The van der Waals surface area contributed by atoms with Gasteiger partial charge in [-0.15, -0.1) is 0 Å². The molecule has 0 amide bonds. The molecule has 0 bridgehead atoms. The third-order valence-electron chi connectivity index (χ3n) is 2.02. The number of thiocarbonyl (C=S) groups is 1. The quantitative estimate of drug-likeness (QED) is 0.534. The Balaban J connectivity index is 0.00000162. The van der Waals surface area contributed by atoms with Crippen LogP contribution < -0.4 is 10.6 Å². The normalized spacial score (nSPS) is 8.89. The Morgan fingerprint density at radius 2 is 1.83 bits per heavy atom. The van der Waals surface area contributed by atoms with E-state index in [0.717, 1.165) is 0 Å². The van der Waals surface area contributed by atoms with E-state index in [-0.39, 0.29) is 16.8 Å². The van der Waals surface area contributed by atoms with E-state index in [1.807, 2.05) is 0 Å². The summed E-state index contributed by atoms with van der Waals surface area (Å²) in [6.45, 7) is 0. The third kappa shape index (κ3) is 3.11. The molecule has 2 heterocycles. The van der Waals surface area contributed by atoms with E-state index in [1.54, 1.807) is 36.7 Å². The topological polar surface area (TPSA) is 73.4 Å². The first-order chi connectivity index (χ1) is 8.33. The Kier molecular flexibility index (Phi) is 5.41. The van der Waals surface area contributed by atoms with Crippen molar-refractivity contribution in [1.29, 1.82) is 0 Å². The van der Waals surface area contributed by atoms with Gasteiger partial charge < -0.3 is 10.6 Å². The molecular formula is C11H8CoN4OS. The average molecular weight is 303 g/mol. The van der Waals surface area contributed by atoms with Gasteiger partial charge in [-0.2, -0.15) is 0 Å². The number of rotatable bonds is 3. The molecule has 1 radical (unpaired) electrons. The number of anilines is 1. The van der Waals surface area contributed by atoms with Crippen molar-refractivity contribution in [1.82, 2.24) is 9.97 Å². The van der Waals surface area contributed by atoms with Crippen molar-refractivity contribution in [2.75, 3.05) is 5.73 Å².